The third-order valence-electron chi connectivity index (χ3n) is 3.93. The summed E-state index contributed by atoms with van der Waals surface area (Å²) >= 11 is 0. The zero-order valence-corrected chi connectivity index (χ0v) is 15.5. The number of Topliss-reactive ketones (excluding diaryl/α,β-unsaturated/α-hetero) is 1. The molecule has 27 heavy (non-hydrogen) atoms. The van der Waals surface area contributed by atoms with E-state index in [1.165, 1.54) is 26.2 Å². The van der Waals surface area contributed by atoms with Crippen LogP contribution in [0.15, 0.2) is 24.3 Å². The van der Waals surface area contributed by atoms with Crippen molar-refractivity contribution in [3.8, 4) is 0 Å². The summed E-state index contributed by atoms with van der Waals surface area (Å²) in [5, 5.41) is 2.50. The third kappa shape index (κ3) is 4.41. The molecule has 0 bridgehead atoms. The molecule has 8 nitrogen and oxygen atoms in total. The van der Waals surface area contributed by atoms with Gasteiger partial charge in [0.15, 0.2) is 12.4 Å². The molecule has 2 N–H and O–H groups in total. The lowest BCUT2D eigenvalue weighted by Crippen LogP contribution is -2.22. The Hall–Kier alpha value is -3.42. The molecule has 0 aliphatic carbocycles. The number of carbonyl (C=O) groups is 4. The Kier molecular flexibility index (Phi) is 6.12. The Balaban J connectivity index is 2.05. The highest BCUT2D eigenvalue weighted by Crippen LogP contribution is 2.19. The first kappa shape index (κ1) is 19.9. The number of rotatable bonds is 6. The Labute approximate surface area is 155 Å². The van der Waals surface area contributed by atoms with Crippen LogP contribution >= 0.6 is 0 Å². The van der Waals surface area contributed by atoms with Crippen LogP contribution in [0.1, 0.15) is 49.4 Å². The van der Waals surface area contributed by atoms with Gasteiger partial charge in [-0.15, -0.1) is 0 Å². The fourth-order valence-corrected chi connectivity index (χ4v) is 2.75. The maximum Gasteiger partial charge on any atom is 0.355 e. The van der Waals surface area contributed by atoms with Crippen molar-refractivity contribution in [2.75, 3.05) is 19.0 Å². The highest BCUT2D eigenvalue weighted by atomic mass is 16.5. The number of anilines is 1. The predicted octanol–water partition coefficient (Wildman–Crippen LogP) is 2.42. The van der Waals surface area contributed by atoms with E-state index in [2.05, 4.69) is 15.0 Å². The Morgan fingerprint density at radius 1 is 1.07 bits per heavy atom. The molecule has 0 unspecified atom stereocenters. The number of hydrogen-bond acceptors (Lipinski definition) is 6. The van der Waals surface area contributed by atoms with E-state index in [9.17, 15) is 19.2 Å². The molecule has 0 saturated heterocycles. The summed E-state index contributed by atoms with van der Waals surface area (Å²) < 4.78 is 9.66. The smallest absolute Gasteiger partial charge is 0.355 e. The average molecular weight is 372 g/mol. The van der Waals surface area contributed by atoms with Gasteiger partial charge in [0.2, 0.25) is 0 Å². The van der Waals surface area contributed by atoms with E-state index < -0.39 is 24.5 Å². The average Bonchev–Trinajstić information content (AvgIpc) is 2.94. The highest BCUT2D eigenvalue weighted by molar-refractivity contribution is 6.03. The fourth-order valence-electron chi connectivity index (χ4n) is 2.75. The molecule has 1 amide bonds. The quantitative estimate of drug-likeness (QED) is 0.594. The number of benzene rings is 1. The van der Waals surface area contributed by atoms with Crippen molar-refractivity contribution in [2.45, 2.75) is 20.8 Å². The number of esters is 2. The predicted molar refractivity (Wildman–Crippen MR) is 97.0 cm³/mol. The van der Waals surface area contributed by atoms with E-state index in [0.29, 0.717) is 16.8 Å². The van der Waals surface area contributed by atoms with Gasteiger partial charge in [-0.2, -0.15) is 0 Å². The van der Waals surface area contributed by atoms with Crippen LogP contribution in [-0.2, 0) is 14.3 Å². The first-order valence-corrected chi connectivity index (χ1v) is 8.10. The molecule has 0 atom stereocenters. The Bertz CT molecular complexity index is 913. The van der Waals surface area contributed by atoms with Crippen LogP contribution in [0, 0.1) is 13.8 Å². The van der Waals surface area contributed by atoms with Crippen LogP contribution in [0.3, 0.4) is 0 Å². The lowest BCUT2D eigenvalue weighted by molar-refractivity contribution is -0.119. The minimum atomic E-state index is -0.750. The van der Waals surface area contributed by atoms with Crippen LogP contribution in [0.25, 0.3) is 0 Å². The van der Waals surface area contributed by atoms with Crippen molar-refractivity contribution in [2.24, 2.45) is 0 Å². The molecule has 2 aromatic rings. The number of aryl methyl sites for hydroxylation is 1. The normalized spacial score (nSPS) is 10.2. The SMILES string of the molecule is COC(=O)c1ccccc1NC(=O)COC(=O)c1[nH]c(C)c(C(C)=O)c1C. The van der Waals surface area contributed by atoms with Gasteiger partial charge in [0.05, 0.1) is 18.4 Å². The second-order valence-corrected chi connectivity index (χ2v) is 5.84. The van der Waals surface area contributed by atoms with E-state index in [1.807, 2.05) is 0 Å². The first-order chi connectivity index (χ1) is 12.8. The number of amides is 1. The molecule has 0 aliphatic heterocycles. The van der Waals surface area contributed by atoms with Crippen molar-refractivity contribution in [3.63, 3.8) is 0 Å². The summed E-state index contributed by atoms with van der Waals surface area (Å²) in [6, 6.07) is 6.30. The Morgan fingerprint density at radius 2 is 1.74 bits per heavy atom. The Morgan fingerprint density at radius 3 is 2.33 bits per heavy atom. The molecular formula is C19H20N2O6. The molecular weight excluding hydrogens is 352 g/mol. The number of ketones is 1. The van der Waals surface area contributed by atoms with Crippen LogP contribution < -0.4 is 5.32 Å². The van der Waals surface area contributed by atoms with E-state index in [1.54, 1.807) is 26.0 Å². The van der Waals surface area contributed by atoms with Crippen LogP contribution in [0.4, 0.5) is 5.69 Å². The number of ether oxygens (including phenoxy) is 2. The van der Waals surface area contributed by atoms with Crippen LogP contribution in [-0.4, -0.2) is 42.3 Å². The number of hydrogen-bond donors (Lipinski definition) is 2. The number of methoxy groups -OCH3 is 1. The molecule has 1 aromatic heterocycles. The molecule has 0 saturated carbocycles. The largest absolute Gasteiger partial charge is 0.465 e. The lowest BCUT2D eigenvalue weighted by Gasteiger charge is -2.10. The molecule has 8 heteroatoms. The molecule has 2 rings (SSSR count). The van der Waals surface area contributed by atoms with Crippen LogP contribution in [0.5, 0.6) is 0 Å². The third-order valence-corrected chi connectivity index (χ3v) is 3.93. The summed E-state index contributed by atoms with van der Waals surface area (Å²) in [5.41, 5.74) is 2.02. The van der Waals surface area contributed by atoms with Gasteiger partial charge in [-0.1, -0.05) is 12.1 Å². The minimum Gasteiger partial charge on any atom is -0.465 e. The molecule has 0 spiro atoms. The summed E-state index contributed by atoms with van der Waals surface area (Å²) in [4.78, 5) is 50.4. The standard InChI is InChI=1S/C19H20N2O6/c1-10-16(12(3)22)11(2)20-17(10)19(25)27-9-15(23)21-14-8-6-5-7-13(14)18(24)26-4/h5-8,20H,9H2,1-4H3,(H,21,23). The molecule has 142 valence electrons. The van der Waals surface area contributed by atoms with Gasteiger partial charge < -0.3 is 19.8 Å². The second-order valence-electron chi connectivity index (χ2n) is 5.84. The van der Waals surface area contributed by atoms with Gasteiger partial charge in [0.1, 0.15) is 5.69 Å². The molecule has 0 radical (unpaired) electrons. The van der Waals surface area contributed by atoms with Crippen LogP contribution in [0.2, 0.25) is 0 Å². The van der Waals surface area contributed by atoms with Crippen molar-refractivity contribution >= 4 is 29.3 Å². The second kappa shape index (κ2) is 8.31. The van der Waals surface area contributed by atoms with E-state index in [0.717, 1.165) is 0 Å². The zero-order valence-electron chi connectivity index (χ0n) is 15.5. The summed E-state index contributed by atoms with van der Waals surface area (Å²) in [6.07, 6.45) is 0. The summed E-state index contributed by atoms with van der Waals surface area (Å²) in [7, 11) is 1.23. The number of nitrogens with one attached hydrogen (secondary N) is 2. The zero-order chi connectivity index (χ0) is 20.1. The van der Waals surface area contributed by atoms with Crippen molar-refractivity contribution in [3.05, 3.63) is 52.3 Å². The van der Waals surface area contributed by atoms with E-state index in [4.69, 9.17) is 4.74 Å². The van der Waals surface area contributed by atoms with Gasteiger partial charge in [-0.05, 0) is 38.5 Å². The maximum atomic E-state index is 12.2. The van der Waals surface area contributed by atoms with E-state index in [-0.39, 0.29) is 22.7 Å². The number of carbonyl (C=O) groups excluding carboxylic acids is 4. The van der Waals surface area contributed by atoms with E-state index >= 15 is 0 Å². The number of aromatic nitrogens is 1. The van der Waals surface area contributed by atoms with Gasteiger partial charge in [-0.3, -0.25) is 9.59 Å². The number of aromatic amines is 1. The maximum absolute atomic E-state index is 12.2. The fraction of sp³-hybridized carbons (Fsp3) is 0.263. The highest BCUT2D eigenvalue weighted by Gasteiger charge is 2.22. The monoisotopic (exact) mass is 372 g/mol. The first-order valence-electron chi connectivity index (χ1n) is 8.10. The summed E-state index contributed by atoms with van der Waals surface area (Å²) in [6.45, 7) is 4.16. The lowest BCUT2D eigenvalue weighted by atomic mass is 10.1. The number of para-hydroxylation sites is 1. The molecule has 0 fully saturated rings. The van der Waals surface area contributed by atoms with Gasteiger partial charge in [-0.25, -0.2) is 9.59 Å². The van der Waals surface area contributed by atoms with Crippen molar-refractivity contribution in [1.29, 1.82) is 0 Å². The topological polar surface area (TPSA) is 115 Å². The van der Waals surface area contributed by atoms with Gasteiger partial charge in [0, 0.05) is 11.3 Å². The minimum absolute atomic E-state index is 0.125. The van der Waals surface area contributed by atoms with Crippen molar-refractivity contribution < 1.29 is 28.7 Å². The summed E-state index contributed by atoms with van der Waals surface area (Å²) in [5.74, 6) is -2.14. The molecule has 1 aromatic carbocycles. The van der Waals surface area contributed by atoms with Gasteiger partial charge >= 0.3 is 11.9 Å². The van der Waals surface area contributed by atoms with Crippen molar-refractivity contribution in [1.82, 2.24) is 4.98 Å². The number of H-pyrrole nitrogens is 1. The molecule has 0 aliphatic rings. The van der Waals surface area contributed by atoms with Gasteiger partial charge in [0.25, 0.3) is 5.91 Å². The molecule has 1 heterocycles.